The van der Waals surface area contributed by atoms with Crippen LogP contribution in [0.1, 0.15) is 11.3 Å². The fraction of sp³-hybridized carbons (Fsp3) is 0.267. The van der Waals surface area contributed by atoms with Crippen LogP contribution in [-0.2, 0) is 25.3 Å². The molecule has 0 radical (unpaired) electrons. The number of amides is 1. The van der Waals surface area contributed by atoms with E-state index in [1.165, 1.54) is 0 Å². The Balaban J connectivity index is 1.79. The zero-order chi connectivity index (χ0) is 15.7. The van der Waals surface area contributed by atoms with E-state index in [0.717, 1.165) is 11.3 Å². The van der Waals surface area contributed by atoms with E-state index in [9.17, 15) is 4.79 Å². The molecule has 22 heavy (non-hydrogen) atoms. The third kappa shape index (κ3) is 2.78. The number of aryl methyl sites for hydroxylation is 3. The number of hydrogen-bond acceptors (Lipinski definition) is 4. The van der Waals surface area contributed by atoms with E-state index < -0.39 is 0 Å². The Kier molecular flexibility index (Phi) is 3.54. The summed E-state index contributed by atoms with van der Waals surface area (Å²) in [7, 11) is 3.64. The van der Waals surface area contributed by atoms with Gasteiger partial charge in [0.2, 0.25) is 5.91 Å². The molecule has 7 nitrogen and oxygen atoms in total. The van der Waals surface area contributed by atoms with E-state index in [1.807, 2.05) is 26.2 Å². The fourth-order valence-electron chi connectivity index (χ4n) is 2.36. The molecule has 0 spiro atoms. The Bertz CT molecular complexity index is 798. The highest BCUT2D eigenvalue weighted by molar-refractivity contribution is 5.95. The first-order chi connectivity index (χ1) is 10.5. The molecule has 0 saturated heterocycles. The lowest BCUT2D eigenvalue weighted by atomic mass is 10.2. The third-order valence-corrected chi connectivity index (χ3v) is 3.32. The summed E-state index contributed by atoms with van der Waals surface area (Å²) < 4.78 is 8.70. The summed E-state index contributed by atoms with van der Waals surface area (Å²) in [6.07, 6.45) is 5.46. The van der Waals surface area contributed by atoms with Gasteiger partial charge in [-0.3, -0.25) is 14.2 Å². The molecular formula is C15H17N5O2. The van der Waals surface area contributed by atoms with Crippen LogP contribution in [0.3, 0.4) is 0 Å². The first kappa shape index (κ1) is 14.1. The molecule has 3 rings (SSSR count). The second kappa shape index (κ2) is 5.51. The molecule has 0 aromatic carbocycles. The van der Waals surface area contributed by atoms with Gasteiger partial charge in [-0.15, -0.1) is 0 Å². The maximum Gasteiger partial charge on any atom is 0.229 e. The monoisotopic (exact) mass is 299 g/mol. The predicted octanol–water partition coefficient (Wildman–Crippen LogP) is 1.90. The third-order valence-electron chi connectivity index (χ3n) is 3.32. The summed E-state index contributed by atoms with van der Waals surface area (Å²) in [5.41, 5.74) is 3.01. The van der Waals surface area contributed by atoms with Crippen LogP contribution in [-0.4, -0.2) is 25.5 Å². The van der Waals surface area contributed by atoms with Gasteiger partial charge in [-0.25, -0.2) is 0 Å². The smallest absolute Gasteiger partial charge is 0.229 e. The molecule has 1 amide bonds. The molecule has 0 aliphatic heterocycles. The quantitative estimate of drug-likeness (QED) is 0.798. The Labute approximate surface area is 127 Å². The number of anilines is 1. The Morgan fingerprint density at radius 2 is 2.05 bits per heavy atom. The van der Waals surface area contributed by atoms with E-state index >= 15 is 0 Å². The van der Waals surface area contributed by atoms with Crippen molar-refractivity contribution in [2.45, 2.75) is 13.3 Å². The van der Waals surface area contributed by atoms with E-state index in [0.29, 0.717) is 17.1 Å². The molecule has 114 valence electrons. The highest BCUT2D eigenvalue weighted by Gasteiger charge is 2.16. The molecule has 0 atom stereocenters. The second-order valence-electron chi connectivity index (χ2n) is 5.18. The Morgan fingerprint density at radius 1 is 1.27 bits per heavy atom. The van der Waals surface area contributed by atoms with Gasteiger partial charge in [0.25, 0.3) is 0 Å². The van der Waals surface area contributed by atoms with Gasteiger partial charge in [-0.1, -0.05) is 0 Å². The van der Waals surface area contributed by atoms with Crippen LogP contribution in [0.5, 0.6) is 0 Å². The van der Waals surface area contributed by atoms with Crippen molar-refractivity contribution in [3.05, 3.63) is 42.0 Å². The topological polar surface area (TPSA) is 77.9 Å². The number of nitrogens with zero attached hydrogens (tertiary/aromatic N) is 4. The molecule has 0 fully saturated rings. The summed E-state index contributed by atoms with van der Waals surface area (Å²) >= 11 is 0. The standard InChI is InChI=1S/C15H17N5O2/c1-10-11(8-19(2)17-10)7-14(21)16-12-9-20(3)18-15(12)13-5-4-6-22-13/h4-6,8-9H,7H2,1-3H3,(H,16,21). The largest absolute Gasteiger partial charge is 0.463 e. The van der Waals surface area contributed by atoms with Crippen molar-refractivity contribution in [3.8, 4) is 11.5 Å². The number of furan rings is 1. The van der Waals surface area contributed by atoms with Crippen molar-refractivity contribution >= 4 is 11.6 Å². The van der Waals surface area contributed by atoms with Crippen LogP contribution in [0.4, 0.5) is 5.69 Å². The average Bonchev–Trinajstić information content (AvgIpc) is 3.12. The summed E-state index contributed by atoms with van der Waals surface area (Å²) in [6, 6.07) is 3.60. The predicted molar refractivity (Wildman–Crippen MR) is 81.2 cm³/mol. The van der Waals surface area contributed by atoms with Crippen LogP contribution >= 0.6 is 0 Å². The lowest BCUT2D eigenvalue weighted by molar-refractivity contribution is -0.115. The SMILES string of the molecule is Cc1nn(C)cc1CC(=O)Nc1cn(C)nc1-c1ccco1. The zero-order valence-corrected chi connectivity index (χ0v) is 12.7. The normalized spacial score (nSPS) is 10.9. The number of rotatable bonds is 4. The minimum absolute atomic E-state index is 0.114. The van der Waals surface area contributed by atoms with Gasteiger partial charge in [0, 0.05) is 32.1 Å². The maximum absolute atomic E-state index is 12.3. The van der Waals surface area contributed by atoms with Crippen molar-refractivity contribution in [2.75, 3.05) is 5.32 Å². The molecule has 1 N–H and O–H groups in total. The minimum Gasteiger partial charge on any atom is -0.463 e. The van der Waals surface area contributed by atoms with Gasteiger partial charge in [0.1, 0.15) is 0 Å². The lowest BCUT2D eigenvalue weighted by Crippen LogP contribution is -2.14. The van der Waals surface area contributed by atoms with Gasteiger partial charge in [-0.05, 0) is 19.1 Å². The summed E-state index contributed by atoms with van der Waals surface area (Å²) in [5.74, 6) is 0.505. The highest BCUT2D eigenvalue weighted by atomic mass is 16.3. The van der Waals surface area contributed by atoms with Crippen LogP contribution < -0.4 is 5.32 Å². The van der Waals surface area contributed by atoms with E-state index in [2.05, 4.69) is 15.5 Å². The minimum atomic E-state index is -0.114. The van der Waals surface area contributed by atoms with Crippen molar-refractivity contribution < 1.29 is 9.21 Å². The number of nitrogens with one attached hydrogen (secondary N) is 1. The van der Waals surface area contributed by atoms with Crippen molar-refractivity contribution in [3.63, 3.8) is 0 Å². The molecule has 0 aliphatic rings. The molecule has 0 saturated carbocycles. The van der Waals surface area contributed by atoms with Crippen LogP contribution in [0.15, 0.2) is 35.2 Å². The van der Waals surface area contributed by atoms with Crippen molar-refractivity contribution in [1.82, 2.24) is 19.6 Å². The van der Waals surface area contributed by atoms with Gasteiger partial charge >= 0.3 is 0 Å². The number of hydrogen-bond donors (Lipinski definition) is 1. The highest BCUT2D eigenvalue weighted by Crippen LogP contribution is 2.26. The van der Waals surface area contributed by atoms with Gasteiger partial charge in [0.05, 0.1) is 24.1 Å². The number of carbonyl (C=O) groups excluding carboxylic acids is 1. The zero-order valence-electron chi connectivity index (χ0n) is 12.7. The number of aromatic nitrogens is 4. The fourth-order valence-corrected chi connectivity index (χ4v) is 2.36. The van der Waals surface area contributed by atoms with E-state index in [-0.39, 0.29) is 12.3 Å². The van der Waals surface area contributed by atoms with Gasteiger partial charge in [0.15, 0.2) is 11.5 Å². The van der Waals surface area contributed by atoms with Crippen LogP contribution in [0.25, 0.3) is 11.5 Å². The average molecular weight is 299 g/mol. The van der Waals surface area contributed by atoms with E-state index in [4.69, 9.17) is 4.42 Å². The van der Waals surface area contributed by atoms with E-state index in [1.54, 1.807) is 34.9 Å². The molecular weight excluding hydrogens is 282 g/mol. The lowest BCUT2D eigenvalue weighted by Gasteiger charge is -2.03. The van der Waals surface area contributed by atoms with Crippen molar-refractivity contribution in [1.29, 1.82) is 0 Å². The second-order valence-corrected chi connectivity index (χ2v) is 5.18. The first-order valence-corrected chi connectivity index (χ1v) is 6.89. The molecule has 3 aromatic rings. The maximum atomic E-state index is 12.3. The molecule has 0 bridgehead atoms. The Hall–Kier alpha value is -2.83. The summed E-state index contributed by atoms with van der Waals surface area (Å²) in [6.45, 7) is 1.89. The van der Waals surface area contributed by atoms with Gasteiger partial charge < -0.3 is 9.73 Å². The first-order valence-electron chi connectivity index (χ1n) is 6.89. The molecule has 3 aromatic heterocycles. The number of carbonyl (C=O) groups is 1. The van der Waals surface area contributed by atoms with Crippen LogP contribution in [0, 0.1) is 6.92 Å². The van der Waals surface area contributed by atoms with Gasteiger partial charge in [-0.2, -0.15) is 10.2 Å². The summed E-state index contributed by atoms with van der Waals surface area (Å²) in [4.78, 5) is 12.3. The molecule has 0 unspecified atom stereocenters. The Morgan fingerprint density at radius 3 is 2.68 bits per heavy atom. The summed E-state index contributed by atoms with van der Waals surface area (Å²) in [5, 5.41) is 11.5. The molecule has 7 heteroatoms. The van der Waals surface area contributed by atoms with Crippen molar-refractivity contribution in [2.24, 2.45) is 14.1 Å². The van der Waals surface area contributed by atoms with Crippen LogP contribution in [0.2, 0.25) is 0 Å². The molecule has 0 aliphatic carbocycles. The molecule has 3 heterocycles.